The number of nitrogens with zero attached hydrogens (tertiary/aromatic N) is 1. The quantitative estimate of drug-likeness (QED) is 0.863. The highest BCUT2D eigenvalue weighted by atomic mass is 16.2. The van der Waals surface area contributed by atoms with Gasteiger partial charge in [-0.05, 0) is 38.2 Å². The van der Waals surface area contributed by atoms with E-state index in [1.807, 2.05) is 13.0 Å². The van der Waals surface area contributed by atoms with Crippen LogP contribution in [0.25, 0.3) is 0 Å². The Bertz CT molecular complexity index is 598. The lowest BCUT2D eigenvalue weighted by atomic mass is 9.64. The van der Waals surface area contributed by atoms with E-state index in [9.17, 15) is 9.59 Å². The summed E-state index contributed by atoms with van der Waals surface area (Å²) in [7, 11) is 0. The summed E-state index contributed by atoms with van der Waals surface area (Å²) < 4.78 is 0. The van der Waals surface area contributed by atoms with Crippen LogP contribution in [0.15, 0.2) is 30.3 Å². The van der Waals surface area contributed by atoms with E-state index in [1.165, 1.54) is 12.0 Å². The van der Waals surface area contributed by atoms with Gasteiger partial charge < -0.3 is 15.5 Å². The highest BCUT2D eigenvalue weighted by Gasteiger charge is 2.39. The highest BCUT2D eigenvalue weighted by Crippen LogP contribution is 2.43. The highest BCUT2D eigenvalue weighted by molar-refractivity contribution is 5.80. The van der Waals surface area contributed by atoms with E-state index < -0.39 is 0 Å². The average molecular weight is 343 g/mol. The molecule has 0 unspecified atom stereocenters. The van der Waals surface area contributed by atoms with Crippen LogP contribution in [-0.4, -0.2) is 43.0 Å². The van der Waals surface area contributed by atoms with Gasteiger partial charge in [-0.1, -0.05) is 36.8 Å². The van der Waals surface area contributed by atoms with Crippen molar-refractivity contribution < 1.29 is 9.59 Å². The van der Waals surface area contributed by atoms with Crippen molar-refractivity contribution in [3.8, 4) is 0 Å². The summed E-state index contributed by atoms with van der Waals surface area (Å²) in [6.07, 6.45) is 5.22. The number of likely N-dealkylation sites (tertiary alicyclic amines) is 1. The molecule has 2 fully saturated rings. The molecule has 1 aromatic carbocycles. The van der Waals surface area contributed by atoms with Crippen molar-refractivity contribution in [1.82, 2.24) is 15.5 Å². The number of piperidine rings is 1. The SMILES string of the molecule is CCNC(=O)[C@@H]1CCCN(C(=O)NCC2(c3ccccc3)CCC2)C1. The third-order valence-electron chi connectivity index (χ3n) is 5.71. The largest absolute Gasteiger partial charge is 0.356 e. The molecule has 136 valence electrons. The van der Waals surface area contributed by atoms with Crippen molar-refractivity contribution in [3.63, 3.8) is 0 Å². The molecule has 2 N–H and O–H groups in total. The molecule has 2 aliphatic rings. The Morgan fingerprint density at radius 3 is 2.56 bits per heavy atom. The second-order valence-electron chi connectivity index (χ2n) is 7.34. The summed E-state index contributed by atoms with van der Waals surface area (Å²) in [5, 5.41) is 6.01. The van der Waals surface area contributed by atoms with Crippen molar-refractivity contribution in [1.29, 1.82) is 0 Å². The molecular formula is C20H29N3O2. The van der Waals surface area contributed by atoms with Gasteiger partial charge in [0.15, 0.2) is 0 Å². The van der Waals surface area contributed by atoms with E-state index in [1.54, 1.807) is 4.90 Å². The third kappa shape index (κ3) is 3.97. The maximum atomic E-state index is 12.6. The zero-order chi connectivity index (χ0) is 17.7. The monoisotopic (exact) mass is 343 g/mol. The van der Waals surface area contributed by atoms with Crippen LogP contribution in [-0.2, 0) is 10.2 Å². The standard InChI is InChI=1S/C20H29N3O2/c1-2-21-18(24)16-8-6-13-23(14-16)19(25)22-15-20(11-7-12-20)17-9-4-3-5-10-17/h3-5,9-10,16H,2,6-8,11-15H2,1H3,(H,21,24)(H,22,25)/t16-/m1/s1. The van der Waals surface area contributed by atoms with Gasteiger partial charge in [-0.25, -0.2) is 4.79 Å². The van der Waals surface area contributed by atoms with Crippen molar-refractivity contribution in [2.24, 2.45) is 5.92 Å². The minimum atomic E-state index is -0.0776. The van der Waals surface area contributed by atoms with Crippen molar-refractivity contribution in [2.45, 2.75) is 44.4 Å². The summed E-state index contributed by atoms with van der Waals surface area (Å²) in [4.78, 5) is 26.5. The van der Waals surface area contributed by atoms with Gasteiger partial charge in [0, 0.05) is 31.6 Å². The van der Waals surface area contributed by atoms with Crippen LogP contribution in [0.5, 0.6) is 0 Å². The molecule has 1 aliphatic heterocycles. The van der Waals surface area contributed by atoms with Crippen LogP contribution in [0.2, 0.25) is 0 Å². The number of hydrogen-bond acceptors (Lipinski definition) is 2. The molecule has 1 aliphatic carbocycles. The number of amides is 3. The maximum absolute atomic E-state index is 12.6. The molecule has 5 heteroatoms. The normalized spacial score (nSPS) is 22.0. The first-order valence-electron chi connectivity index (χ1n) is 9.51. The third-order valence-corrected chi connectivity index (χ3v) is 5.71. The van der Waals surface area contributed by atoms with Crippen molar-refractivity contribution in [2.75, 3.05) is 26.2 Å². The molecule has 1 saturated carbocycles. The second kappa shape index (κ2) is 7.89. The molecule has 5 nitrogen and oxygen atoms in total. The Labute approximate surface area is 150 Å². The number of hydrogen-bond donors (Lipinski definition) is 2. The zero-order valence-corrected chi connectivity index (χ0v) is 15.1. The molecule has 1 heterocycles. The van der Waals surface area contributed by atoms with Crippen LogP contribution < -0.4 is 10.6 Å². The minimum absolute atomic E-state index is 0.0313. The van der Waals surface area contributed by atoms with Gasteiger partial charge in [0.25, 0.3) is 0 Å². The lowest BCUT2D eigenvalue weighted by Crippen LogP contribution is -2.52. The predicted octanol–water partition coefficient (Wildman–Crippen LogP) is 2.67. The van der Waals surface area contributed by atoms with E-state index in [0.717, 1.165) is 32.2 Å². The summed E-state index contributed by atoms with van der Waals surface area (Å²) in [6, 6.07) is 10.5. The Morgan fingerprint density at radius 1 is 1.16 bits per heavy atom. The fraction of sp³-hybridized carbons (Fsp3) is 0.600. The number of carbonyl (C=O) groups excluding carboxylic acids is 2. The zero-order valence-electron chi connectivity index (χ0n) is 15.1. The number of benzene rings is 1. The molecular weight excluding hydrogens is 314 g/mol. The van der Waals surface area contributed by atoms with Gasteiger partial charge in [0.2, 0.25) is 5.91 Å². The van der Waals surface area contributed by atoms with Crippen molar-refractivity contribution >= 4 is 11.9 Å². The number of rotatable bonds is 5. The molecule has 1 saturated heterocycles. The van der Waals surface area contributed by atoms with Gasteiger partial charge >= 0.3 is 6.03 Å². The first-order chi connectivity index (χ1) is 12.1. The fourth-order valence-electron chi connectivity index (χ4n) is 4.01. The summed E-state index contributed by atoms with van der Waals surface area (Å²) >= 11 is 0. The molecule has 0 aromatic heterocycles. The van der Waals surface area contributed by atoms with Gasteiger partial charge in [-0.3, -0.25) is 4.79 Å². The molecule has 1 atom stereocenters. The Hall–Kier alpha value is -2.04. The average Bonchev–Trinajstić information content (AvgIpc) is 2.62. The Kier molecular flexibility index (Phi) is 5.61. The number of urea groups is 1. The Morgan fingerprint density at radius 2 is 1.92 bits per heavy atom. The minimum Gasteiger partial charge on any atom is -0.356 e. The molecule has 1 aromatic rings. The molecule has 0 bridgehead atoms. The van der Waals surface area contributed by atoms with E-state index in [-0.39, 0.29) is 23.3 Å². The predicted molar refractivity (Wildman–Crippen MR) is 98.4 cm³/mol. The second-order valence-corrected chi connectivity index (χ2v) is 7.34. The van der Waals surface area contributed by atoms with Crippen LogP contribution in [0.1, 0.15) is 44.6 Å². The first kappa shape index (κ1) is 17.8. The molecule has 3 amide bonds. The summed E-state index contributed by atoms with van der Waals surface area (Å²) in [6.45, 7) is 4.50. The van der Waals surface area contributed by atoms with E-state index >= 15 is 0 Å². The smallest absolute Gasteiger partial charge is 0.317 e. The van der Waals surface area contributed by atoms with E-state index in [0.29, 0.717) is 19.6 Å². The van der Waals surface area contributed by atoms with Crippen LogP contribution >= 0.6 is 0 Å². The maximum Gasteiger partial charge on any atom is 0.317 e. The van der Waals surface area contributed by atoms with Crippen LogP contribution in [0, 0.1) is 5.92 Å². The summed E-state index contributed by atoms with van der Waals surface area (Å²) in [5.74, 6) is -0.00835. The Balaban J connectivity index is 1.56. The summed E-state index contributed by atoms with van der Waals surface area (Å²) in [5.41, 5.74) is 1.41. The van der Waals surface area contributed by atoms with Crippen molar-refractivity contribution in [3.05, 3.63) is 35.9 Å². The van der Waals surface area contributed by atoms with Crippen LogP contribution in [0.4, 0.5) is 4.79 Å². The molecule has 25 heavy (non-hydrogen) atoms. The molecule has 0 spiro atoms. The van der Waals surface area contributed by atoms with Gasteiger partial charge in [-0.2, -0.15) is 0 Å². The molecule has 3 rings (SSSR count). The van der Waals surface area contributed by atoms with Gasteiger partial charge in [0.1, 0.15) is 0 Å². The van der Waals surface area contributed by atoms with E-state index in [4.69, 9.17) is 0 Å². The first-order valence-corrected chi connectivity index (χ1v) is 9.51. The van der Waals surface area contributed by atoms with E-state index in [2.05, 4.69) is 34.9 Å². The van der Waals surface area contributed by atoms with Gasteiger partial charge in [-0.15, -0.1) is 0 Å². The van der Waals surface area contributed by atoms with Gasteiger partial charge in [0.05, 0.1) is 5.92 Å². The number of nitrogens with one attached hydrogen (secondary N) is 2. The lowest BCUT2D eigenvalue weighted by Gasteiger charge is -2.43. The lowest BCUT2D eigenvalue weighted by molar-refractivity contribution is -0.126. The number of carbonyl (C=O) groups is 2. The fourth-order valence-corrected chi connectivity index (χ4v) is 4.01. The van der Waals surface area contributed by atoms with Crippen LogP contribution in [0.3, 0.4) is 0 Å². The molecule has 0 radical (unpaired) electrons. The topological polar surface area (TPSA) is 61.4 Å².